The van der Waals surface area contributed by atoms with E-state index in [4.69, 9.17) is 0 Å². The summed E-state index contributed by atoms with van der Waals surface area (Å²) < 4.78 is 25.4. The maximum atomic E-state index is 11.8. The molecule has 0 spiro atoms. The van der Waals surface area contributed by atoms with E-state index < -0.39 is 10.0 Å². The Bertz CT molecular complexity index is 401. The maximum absolute atomic E-state index is 11.8. The standard InChI is InChI=1S/C13H24N2O2S/c1-2-18(16,17)15-7-5-14(6-8-15)13-10-11-3-4-12(13)9-11/h11-13H,2-10H2,1H3/p+1/t11-,12+,13+/m0/s1. The van der Waals surface area contributed by atoms with Crippen LogP contribution in [-0.2, 0) is 10.0 Å². The van der Waals surface area contributed by atoms with Gasteiger partial charge in [0.05, 0.1) is 38.0 Å². The van der Waals surface area contributed by atoms with Crippen LogP contribution in [0.15, 0.2) is 0 Å². The first kappa shape index (κ1) is 12.9. The highest BCUT2D eigenvalue weighted by Gasteiger charge is 2.46. The molecule has 2 aliphatic carbocycles. The fourth-order valence-corrected chi connectivity index (χ4v) is 5.45. The van der Waals surface area contributed by atoms with Crippen molar-refractivity contribution in [1.82, 2.24) is 4.31 Å². The molecule has 0 radical (unpaired) electrons. The molecular formula is C13H25N2O2S+. The van der Waals surface area contributed by atoms with Crippen LogP contribution in [-0.4, -0.2) is 50.7 Å². The molecule has 4 nitrogen and oxygen atoms in total. The average molecular weight is 273 g/mol. The van der Waals surface area contributed by atoms with Crippen LogP contribution in [0, 0.1) is 11.8 Å². The highest BCUT2D eigenvalue weighted by atomic mass is 32.2. The quantitative estimate of drug-likeness (QED) is 0.769. The molecule has 1 saturated heterocycles. The summed E-state index contributed by atoms with van der Waals surface area (Å²) in [6.07, 6.45) is 5.73. The van der Waals surface area contributed by atoms with Gasteiger partial charge in [0.15, 0.2) is 0 Å². The van der Waals surface area contributed by atoms with Gasteiger partial charge in [0.1, 0.15) is 0 Å². The van der Waals surface area contributed by atoms with Gasteiger partial charge in [-0.3, -0.25) is 0 Å². The van der Waals surface area contributed by atoms with E-state index in [0.29, 0.717) is 0 Å². The second kappa shape index (κ2) is 4.76. The molecule has 0 amide bonds. The number of fused-ring (bicyclic) bond motifs is 2. The van der Waals surface area contributed by atoms with Crippen LogP contribution in [0.25, 0.3) is 0 Å². The van der Waals surface area contributed by atoms with Gasteiger partial charge in [-0.05, 0) is 32.1 Å². The van der Waals surface area contributed by atoms with Crippen molar-refractivity contribution in [2.45, 2.75) is 38.6 Å². The Morgan fingerprint density at radius 2 is 1.89 bits per heavy atom. The summed E-state index contributed by atoms with van der Waals surface area (Å²) in [7, 11) is -2.96. The molecule has 0 aromatic heterocycles. The van der Waals surface area contributed by atoms with E-state index in [1.165, 1.54) is 25.7 Å². The number of hydrogen-bond donors (Lipinski definition) is 1. The molecule has 0 aromatic carbocycles. The second-order valence-electron chi connectivity index (χ2n) is 6.24. The maximum Gasteiger partial charge on any atom is 0.214 e. The molecule has 18 heavy (non-hydrogen) atoms. The van der Waals surface area contributed by atoms with Crippen LogP contribution in [0.4, 0.5) is 0 Å². The van der Waals surface area contributed by atoms with Gasteiger partial charge in [0.2, 0.25) is 10.0 Å². The van der Waals surface area contributed by atoms with Crippen LogP contribution >= 0.6 is 0 Å². The van der Waals surface area contributed by atoms with Gasteiger partial charge < -0.3 is 4.90 Å². The molecule has 1 aliphatic heterocycles. The third-order valence-corrected chi connectivity index (χ3v) is 7.27. The molecule has 104 valence electrons. The lowest BCUT2D eigenvalue weighted by Gasteiger charge is -2.37. The van der Waals surface area contributed by atoms with E-state index in [9.17, 15) is 8.42 Å². The molecule has 1 N–H and O–H groups in total. The van der Waals surface area contributed by atoms with E-state index >= 15 is 0 Å². The van der Waals surface area contributed by atoms with Gasteiger partial charge in [-0.15, -0.1) is 0 Å². The van der Waals surface area contributed by atoms with Crippen molar-refractivity contribution in [3.8, 4) is 0 Å². The first-order valence-corrected chi connectivity index (χ1v) is 9.03. The highest BCUT2D eigenvalue weighted by Crippen LogP contribution is 2.43. The minimum atomic E-state index is -2.96. The topological polar surface area (TPSA) is 41.8 Å². The molecule has 3 fully saturated rings. The number of piperazine rings is 1. The van der Waals surface area contributed by atoms with Crippen molar-refractivity contribution in [1.29, 1.82) is 0 Å². The molecule has 2 bridgehead atoms. The van der Waals surface area contributed by atoms with Gasteiger partial charge in [-0.2, -0.15) is 4.31 Å². The summed E-state index contributed by atoms with van der Waals surface area (Å²) >= 11 is 0. The Kier molecular flexibility index (Phi) is 3.41. The molecule has 3 atom stereocenters. The van der Waals surface area contributed by atoms with Gasteiger partial charge in [-0.1, -0.05) is 0 Å². The summed E-state index contributed by atoms with van der Waals surface area (Å²) in [5.41, 5.74) is 0. The molecule has 0 unspecified atom stereocenters. The number of rotatable bonds is 3. The van der Waals surface area contributed by atoms with E-state index in [2.05, 4.69) is 0 Å². The fraction of sp³-hybridized carbons (Fsp3) is 1.00. The number of nitrogens with one attached hydrogen (secondary N) is 1. The third kappa shape index (κ3) is 2.21. The summed E-state index contributed by atoms with van der Waals surface area (Å²) in [6, 6.07) is 0.843. The number of hydrogen-bond acceptors (Lipinski definition) is 2. The Balaban J connectivity index is 1.58. The van der Waals surface area contributed by atoms with E-state index in [1.54, 1.807) is 16.1 Å². The summed E-state index contributed by atoms with van der Waals surface area (Å²) in [5.74, 6) is 2.18. The zero-order valence-corrected chi connectivity index (χ0v) is 12.1. The van der Waals surface area contributed by atoms with E-state index in [0.717, 1.165) is 44.1 Å². The van der Waals surface area contributed by atoms with Gasteiger partial charge in [0.25, 0.3) is 0 Å². The minimum Gasteiger partial charge on any atom is -0.330 e. The van der Waals surface area contributed by atoms with Crippen molar-refractivity contribution in [3.05, 3.63) is 0 Å². The van der Waals surface area contributed by atoms with E-state index in [-0.39, 0.29) is 5.75 Å². The monoisotopic (exact) mass is 273 g/mol. The normalized spacial score (nSPS) is 38.4. The van der Waals surface area contributed by atoms with Crippen LogP contribution in [0.3, 0.4) is 0 Å². The Labute approximate surface area is 110 Å². The predicted octanol–water partition coefficient (Wildman–Crippen LogP) is -0.275. The van der Waals surface area contributed by atoms with Crippen molar-refractivity contribution in [2.75, 3.05) is 31.9 Å². The van der Waals surface area contributed by atoms with Crippen LogP contribution in [0.2, 0.25) is 0 Å². The highest BCUT2D eigenvalue weighted by molar-refractivity contribution is 7.89. The first-order valence-electron chi connectivity index (χ1n) is 7.42. The molecule has 1 heterocycles. The van der Waals surface area contributed by atoms with Gasteiger partial charge >= 0.3 is 0 Å². The molecule has 2 saturated carbocycles. The number of quaternary nitrogens is 1. The van der Waals surface area contributed by atoms with Crippen LogP contribution < -0.4 is 4.90 Å². The zero-order valence-electron chi connectivity index (χ0n) is 11.3. The van der Waals surface area contributed by atoms with Gasteiger partial charge in [0, 0.05) is 12.3 Å². The van der Waals surface area contributed by atoms with Crippen molar-refractivity contribution >= 4 is 10.0 Å². The largest absolute Gasteiger partial charge is 0.330 e. The molecule has 3 aliphatic rings. The summed E-state index contributed by atoms with van der Waals surface area (Å²) in [4.78, 5) is 1.68. The Morgan fingerprint density at radius 3 is 2.39 bits per heavy atom. The molecular weight excluding hydrogens is 248 g/mol. The van der Waals surface area contributed by atoms with Crippen molar-refractivity contribution in [2.24, 2.45) is 11.8 Å². The number of sulfonamides is 1. The Hall–Kier alpha value is -0.130. The minimum absolute atomic E-state index is 0.246. The second-order valence-corrected chi connectivity index (χ2v) is 8.50. The lowest BCUT2D eigenvalue weighted by molar-refractivity contribution is -0.932. The molecule has 5 heteroatoms. The van der Waals surface area contributed by atoms with Crippen molar-refractivity contribution in [3.63, 3.8) is 0 Å². The zero-order chi connectivity index (χ0) is 12.8. The molecule has 3 rings (SSSR count). The average Bonchev–Trinajstić information content (AvgIpc) is 3.01. The smallest absolute Gasteiger partial charge is 0.214 e. The lowest BCUT2D eigenvalue weighted by Crippen LogP contribution is -3.18. The Morgan fingerprint density at radius 1 is 1.17 bits per heavy atom. The summed E-state index contributed by atoms with van der Waals surface area (Å²) in [5, 5.41) is 0. The fourth-order valence-electron chi connectivity index (χ4n) is 4.35. The lowest BCUT2D eigenvalue weighted by atomic mass is 9.93. The van der Waals surface area contributed by atoms with E-state index in [1.807, 2.05) is 0 Å². The van der Waals surface area contributed by atoms with Gasteiger partial charge in [-0.25, -0.2) is 8.42 Å². The third-order valence-electron chi connectivity index (χ3n) is 5.39. The van der Waals surface area contributed by atoms with Crippen molar-refractivity contribution < 1.29 is 13.3 Å². The van der Waals surface area contributed by atoms with Crippen LogP contribution in [0.1, 0.15) is 32.6 Å². The molecule has 0 aromatic rings. The van der Waals surface area contributed by atoms with Crippen LogP contribution in [0.5, 0.6) is 0 Å². The summed E-state index contributed by atoms with van der Waals surface area (Å²) in [6.45, 7) is 5.25. The predicted molar refractivity (Wildman–Crippen MR) is 71.0 cm³/mol. The SMILES string of the molecule is CCS(=O)(=O)N1CC[NH+]([C@@H]2C[C@H]3CC[C@@H]2C3)CC1. The number of nitrogens with zero attached hydrogens (tertiary/aromatic N) is 1. The first-order chi connectivity index (χ1) is 8.60.